The maximum Gasteiger partial charge on any atom is 0.323 e. The van der Waals surface area contributed by atoms with Gasteiger partial charge in [-0.3, -0.25) is 28.3 Å². The highest BCUT2D eigenvalue weighted by molar-refractivity contribution is 7.11. The van der Waals surface area contributed by atoms with Crippen molar-refractivity contribution in [2.45, 2.75) is 45.7 Å². The van der Waals surface area contributed by atoms with E-state index in [1.807, 2.05) is 48.2 Å². The molecule has 1 aliphatic heterocycles. The Hall–Kier alpha value is -4.22. The van der Waals surface area contributed by atoms with E-state index in [0.29, 0.717) is 11.2 Å². The van der Waals surface area contributed by atoms with Crippen LogP contribution in [0.5, 0.6) is 0 Å². The van der Waals surface area contributed by atoms with E-state index in [0.717, 1.165) is 55.0 Å². The van der Waals surface area contributed by atoms with E-state index in [1.54, 1.807) is 6.08 Å². The number of benzene rings is 2. The van der Waals surface area contributed by atoms with E-state index in [1.165, 1.54) is 4.57 Å². The molecule has 9 nitrogen and oxygen atoms in total. The van der Waals surface area contributed by atoms with Gasteiger partial charge in [-0.1, -0.05) is 50.8 Å². The second-order valence-electron chi connectivity index (χ2n) is 10.3. The summed E-state index contributed by atoms with van der Waals surface area (Å²) in [7, 11) is 0. The molecule has 2 aromatic heterocycles. The largest absolute Gasteiger partial charge is 0.481 e. The highest BCUT2D eigenvalue weighted by Gasteiger charge is 2.41. The van der Waals surface area contributed by atoms with Crippen molar-refractivity contribution in [2.75, 3.05) is 11.4 Å². The van der Waals surface area contributed by atoms with Crippen LogP contribution in [0.3, 0.4) is 0 Å². The van der Waals surface area contributed by atoms with Crippen LogP contribution in [-0.4, -0.2) is 37.8 Å². The van der Waals surface area contributed by atoms with Crippen molar-refractivity contribution in [3.63, 3.8) is 0 Å². The lowest BCUT2D eigenvalue weighted by Gasteiger charge is -2.26. The van der Waals surface area contributed by atoms with Crippen LogP contribution in [0.25, 0.3) is 23.4 Å². The molecule has 2 N–H and O–H groups in total. The average Bonchev–Trinajstić information content (AvgIpc) is 3.46. The van der Waals surface area contributed by atoms with Crippen LogP contribution in [0.1, 0.15) is 32.8 Å². The smallest absolute Gasteiger partial charge is 0.323 e. The van der Waals surface area contributed by atoms with Crippen molar-refractivity contribution in [2.24, 2.45) is 0 Å². The second kappa shape index (κ2) is 10.6. The second-order valence-corrected chi connectivity index (χ2v) is 12.4. The molecule has 0 atom stereocenters. The minimum absolute atomic E-state index is 0.0796. The molecule has 0 radical (unpaired) electrons. The molecule has 0 saturated carbocycles. The summed E-state index contributed by atoms with van der Waals surface area (Å²) in [6, 6.07) is 12.0. The van der Waals surface area contributed by atoms with Gasteiger partial charge in [0.15, 0.2) is 0 Å². The summed E-state index contributed by atoms with van der Waals surface area (Å²) in [4.78, 5) is 51.7. The van der Waals surface area contributed by atoms with Gasteiger partial charge in [0, 0.05) is 29.9 Å². The number of hydrogen-bond acceptors (Lipinski definition) is 7. The number of carboxylic acids is 2. The van der Waals surface area contributed by atoms with E-state index in [-0.39, 0.29) is 32.3 Å². The fourth-order valence-corrected chi connectivity index (χ4v) is 7.71. The van der Waals surface area contributed by atoms with Gasteiger partial charge < -0.3 is 15.1 Å². The Balaban J connectivity index is 1.78. The number of fused-ring (bicyclic) bond motifs is 3. The zero-order valence-corrected chi connectivity index (χ0v) is 24.5. The number of thiazole rings is 2. The lowest BCUT2D eigenvalue weighted by molar-refractivity contribution is -0.138. The van der Waals surface area contributed by atoms with Crippen LogP contribution < -0.4 is 25.2 Å². The zero-order chi connectivity index (χ0) is 29.6. The fourth-order valence-electron chi connectivity index (χ4n) is 5.53. The summed E-state index contributed by atoms with van der Waals surface area (Å²) in [5, 5.41) is 21.1. The number of nitrogens with zero attached hydrogens (tertiary/aromatic N) is 3. The number of hydrogen-bond donors (Lipinski definition) is 2. The lowest BCUT2D eigenvalue weighted by Crippen LogP contribution is -2.30. The van der Waals surface area contributed by atoms with Crippen molar-refractivity contribution in [3.05, 3.63) is 92.8 Å². The zero-order valence-electron chi connectivity index (χ0n) is 22.8. The normalized spacial score (nSPS) is 16.5. The Morgan fingerprint density at radius 3 is 2.37 bits per heavy atom. The molecule has 0 unspecified atom stereocenters. The van der Waals surface area contributed by atoms with Gasteiger partial charge in [0.25, 0.3) is 11.1 Å². The topological polar surface area (TPSA) is 122 Å². The quantitative estimate of drug-likeness (QED) is 0.339. The van der Waals surface area contributed by atoms with Gasteiger partial charge in [-0.05, 0) is 41.5 Å². The molecular weight excluding hydrogens is 562 g/mol. The molecule has 0 saturated heterocycles. The maximum absolute atomic E-state index is 13.5. The van der Waals surface area contributed by atoms with Gasteiger partial charge in [0.1, 0.15) is 15.7 Å². The molecule has 3 heterocycles. The summed E-state index contributed by atoms with van der Waals surface area (Å²) < 4.78 is 3.95. The monoisotopic (exact) mass is 591 g/mol. The molecule has 0 bridgehead atoms. The predicted octanol–water partition coefficient (Wildman–Crippen LogP) is 3.02. The van der Waals surface area contributed by atoms with Crippen molar-refractivity contribution >= 4 is 63.7 Å². The van der Waals surface area contributed by atoms with Gasteiger partial charge in [-0.2, -0.15) is 0 Å². The average molecular weight is 592 g/mol. The Morgan fingerprint density at radius 2 is 1.71 bits per heavy atom. The Kier molecular flexibility index (Phi) is 7.35. The third-order valence-corrected chi connectivity index (χ3v) is 9.67. The third-order valence-electron chi connectivity index (χ3n) is 7.37. The molecule has 41 heavy (non-hydrogen) atoms. The summed E-state index contributed by atoms with van der Waals surface area (Å²) >= 11 is 2.19. The number of allylic oxidation sites excluding steroid dienone is 2. The van der Waals surface area contributed by atoms with Gasteiger partial charge >= 0.3 is 11.9 Å². The van der Waals surface area contributed by atoms with Crippen molar-refractivity contribution in [1.29, 1.82) is 0 Å². The van der Waals surface area contributed by atoms with E-state index >= 15 is 0 Å². The van der Waals surface area contributed by atoms with E-state index in [9.17, 15) is 29.4 Å². The van der Waals surface area contributed by atoms with Gasteiger partial charge in [0.2, 0.25) is 0 Å². The van der Waals surface area contributed by atoms with Crippen molar-refractivity contribution in [1.82, 2.24) is 9.13 Å². The molecule has 2 aromatic carbocycles. The first-order valence-electron chi connectivity index (χ1n) is 13.0. The third kappa shape index (κ3) is 4.85. The maximum atomic E-state index is 13.5. The van der Waals surface area contributed by atoms with Gasteiger partial charge in [0.05, 0.1) is 15.6 Å². The number of carbonyl (C=O) groups is 2. The van der Waals surface area contributed by atoms with Crippen LogP contribution in [0.2, 0.25) is 0 Å². The Morgan fingerprint density at radius 1 is 0.976 bits per heavy atom. The molecule has 1 aliphatic rings. The number of aliphatic carboxylic acids is 2. The summed E-state index contributed by atoms with van der Waals surface area (Å²) in [6.07, 6.45) is 3.37. The number of carboxylic acid groups (broad SMARTS) is 2. The highest BCUT2D eigenvalue weighted by Crippen LogP contribution is 2.50. The van der Waals surface area contributed by atoms with Crippen LogP contribution in [0.4, 0.5) is 5.69 Å². The molecule has 0 amide bonds. The van der Waals surface area contributed by atoms with E-state index in [2.05, 4.69) is 26.5 Å². The van der Waals surface area contributed by atoms with Crippen molar-refractivity contribution < 1.29 is 19.8 Å². The molecule has 4 aromatic rings. The number of rotatable bonds is 7. The minimum Gasteiger partial charge on any atom is -0.481 e. The van der Waals surface area contributed by atoms with E-state index in [4.69, 9.17) is 0 Å². The molecule has 0 spiro atoms. The molecule has 0 fully saturated rings. The van der Waals surface area contributed by atoms with Crippen LogP contribution in [0.15, 0.2) is 57.8 Å². The Labute approximate surface area is 242 Å². The number of anilines is 1. The van der Waals surface area contributed by atoms with E-state index < -0.39 is 29.5 Å². The first-order valence-corrected chi connectivity index (χ1v) is 14.7. The van der Waals surface area contributed by atoms with Crippen LogP contribution >= 0.6 is 22.7 Å². The van der Waals surface area contributed by atoms with Crippen molar-refractivity contribution in [3.8, 4) is 0 Å². The van der Waals surface area contributed by atoms with Gasteiger partial charge in [-0.25, -0.2) is 0 Å². The molecule has 11 heteroatoms. The van der Waals surface area contributed by atoms with Gasteiger partial charge in [-0.15, -0.1) is 22.7 Å². The number of aromatic nitrogens is 2. The SMILES string of the molecule is C=c1s/c(=c2/s/c(=C\C=C3\N(CCC(=O)O)c4ccc5ccccc5c4C3(C)C)c(=O)n2CC(=O)O)c(=O)n1CC. The summed E-state index contributed by atoms with van der Waals surface area (Å²) in [5.74, 6) is -2.12. The summed E-state index contributed by atoms with van der Waals surface area (Å²) in [6.45, 7) is 9.93. The van der Waals surface area contributed by atoms with Crippen LogP contribution in [0, 0.1) is 9.20 Å². The molecule has 0 aliphatic carbocycles. The standard InChI is InChI=1S/C30H29N3O6S2/c1-5-31-17(2)40-26(28(31)39)29-33(16-24(36)37)27(38)21(41-29)12-13-22-30(3,4)25-19-9-7-6-8-18(19)10-11-20(25)32(22)15-14-23(34)35/h6-13H,2,5,14-16H2,1,3-4H3,(H,34,35)(H,36,37)/b21-12-,22-13+,29-26+. The first-order chi connectivity index (χ1) is 19.4. The minimum atomic E-state index is -1.20. The predicted molar refractivity (Wildman–Crippen MR) is 162 cm³/mol. The lowest BCUT2D eigenvalue weighted by atomic mass is 9.81. The molecule has 5 rings (SSSR count). The highest BCUT2D eigenvalue weighted by atomic mass is 32.1. The fraction of sp³-hybridized carbons (Fsp3) is 0.267. The van der Waals surface area contributed by atoms with Crippen LogP contribution in [-0.2, 0) is 28.1 Å². The summed E-state index contributed by atoms with van der Waals surface area (Å²) in [5.41, 5.74) is 1.43. The molecular formula is C30H29N3O6S2. The Bertz CT molecular complexity index is 2080. The molecule has 212 valence electrons. The first kappa shape index (κ1) is 28.3.